The molecule has 1 aromatic rings. The van der Waals surface area contributed by atoms with Gasteiger partial charge in [0, 0.05) is 11.6 Å². The van der Waals surface area contributed by atoms with Crippen molar-refractivity contribution in [3.63, 3.8) is 0 Å². The molecule has 0 saturated heterocycles. The summed E-state index contributed by atoms with van der Waals surface area (Å²) in [6, 6.07) is 1.58. The van der Waals surface area contributed by atoms with Crippen LogP contribution in [0.5, 0.6) is 0 Å². The van der Waals surface area contributed by atoms with Crippen LogP contribution in [0.25, 0.3) is 0 Å². The minimum atomic E-state index is -3.54. The van der Waals surface area contributed by atoms with Crippen LogP contribution in [-0.4, -0.2) is 21.0 Å². The molecule has 19 heavy (non-hydrogen) atoms. The molecule has 110 valence electrons. The zero-order chi connectivity index (χ0) is 14.7. The Morgan fingerprint density at radius 2 is 2.00 bits per heavy atom. The van der Waals surface area contributed by atoms with Gasteiger partial charge in [-0.3, -0.25) is 0 Å². The topological polar surface area (TPSA) is 71.3 Å². The van der Waals surface area contributed by atoms with Crippen LogP contribution in [0.4, 0.5) is 0 Å². The van der Waals surface area contributed by atoms with E-state index in [0.29, 0.717) is 18.1 Å². The molecular weight excluding hydrogens is 264 g/mol. The Labute approximate surface area is 115 Å². The summed E-state index contributed by atoms with van der Waals surface area (Å²) in [5.41, 5.74) is -0.458. The van der Waals surface area contributed by atoms with E-state index in [1.165, 1.54) is 0 Å². The lowest BCUT2D eigenvalue weighted by molar-refractivity contribution is 0.416. The summed E-state index contributed by atoms with van der Waals surface area (Å²) in [6.45, 7) is 7.98. The van der Waals surface area contributed by atoms with Crippen molar-refractivity contribution in [3.05, 3.63) is 17.6 Å². The number of sulfonamides is 1. The molecule has 1 rings (SSSR count). The zero-order valence-corrected chi connectivity index (χ0v) is 13.1. The van der Waals surface area contributed by atoms with Gasteiger partial charge < -0.3 is 9.73 Å². The highest BCUT2D eigenvalue weighted by Gasteiger charge is 2.28. The van der Waals surface area contributed by atoms with Crippen LogP contribution in [0.2, 0.25) is 0 Å². The Kier molecular flexibility index (Phi) is 5.18. The van der Waals surface area contributed by atoms with Crippen molar-refractivity contribution in [1.29, 1.82) is 0 Å². The number of aryl methyl sites for hydroxylation is 1. The lowest BCUT2D eigenvalue weighted by Gasteiger charge is -2.25. The first-order valence-corrected chi connectivity index (χ1v) is 7.98. The largest absolute Gasteiger partial charge is 0.464 e. The molecule has 0 radical (unpaired) electrons. The van der Waals surface area contributed by atoms with E-state index in [4.69, 9.17) is 4.42 Å². The predicted molar refractivity (Wildman–Crippen MR) is 75.5 cm³/mol. The fourth-order valence-electron chi connectivity index (χ4n) is 2.15. The smallest absolute Gasteiger partial charge is 0.244 e. The van der Waals surface area contributed by atoms with Crippen molar-refractivity contribution in [2.45, 2.75) is 57.5 Å². The van der Waals surface area contributed by atoms with Gasteiger partial charge in [-0.2, -0.15) is 0 Å². The highest BCUT2D eigenvalue weighted by atomic mass is 32.2. The normalized spacial score (nSPS) is 12.9. The number of nitrogens with one attached hydrogen (secondary N) is 2. The Morgan fingerprint density at radius 3 is 2.53 bits per heavy atom. The molecule has 0 amide bonds. The van der Waals surface area contributed by atoms with Crippen LogP contribution in [0, 0.1) is 6.92 Å². The van der Waals surface area contributed by atoms with E-state index >= 15 is 0 Å². The van der Waals surface area contributed by atoms with Crippen LogP contribution in [-0.2, 0) is 16.6 Å². The van der Waals surface area contributed by atoms with Gasteiger partial charge in [-0.15, -0.1) is 0 Å². The maximum atomic E-state index is 12.4. The maximum absolute atomic E-state index is 12.4. The molecule has 0 aliphatic carbocycles. The van der Waals surface area contributed by atoms with Gasteiger partial charge in [0.1, 0.15) is 16.4 Å². The molecule has 0 aromatic carbocycles. The van der Waals surface area contributed by atoms with Crippen molar-refractivity contribution >= 4 is 10.0 Å². The summed E-state index contributed by atoms with van der Waals surface area (Å²) in [7, 11) is -1.75. The molecule has 0 unspecified atom stereocenters. The predicted octanol–water partition coefficient (Wildman–Crippen LogP) is 2.16. The third kappa shape index (κ3) is 4.33. The fourth-order valence-corrected chi connectivity index (χ4v) is 3.79. The Bertz CT molecular complexity index is 518. The average Bonchev–Trinajstić information content (AvgIpc) is 2.59. The van der Waals surface area contributed by atoms with E-state index < -0.39 is 15.6 Å². The first-order valence-electron chi connectivity index (χ1n) is 6.49. The lowest BCUT2D eigenvalue weighted by atomic mass is 10.0. The SMILES string of the molecule is CCCC(C)(C)NS(=O)(=O)c1cc(CNC)oc1C. The van der Waals surface area contributed by atoms with Gasteiger partial charge in [0.2, 0.25) is 10.0 Å². The van der Waals surface area contributed by atoms with Gasteiger partial charge in [0.05, 0.1) is 6.54 Å². The van der Waals surface area contributed by atoms with Crippen molar-refractivity contribution in [3.8, 4) is 0 Å². The molecule has 0 spiro atoms. The summed E-state index contributed by atoms with van der Waals surface area (Å²) in [5, 5.41) is 2.94. The Hall–Kier alpha value is -0.850. The van der Waals surface area contributed by atoms with E-state index in [1.807, 2.05) is 20.8 Å². The number of hydrogen-bond donors (Lipinski definition) is 2. The van der Waals surface area contributed by atoms with Crippen molar-refractivity contribution in [2.75, 3.05) is 7.05 Å². The standard InChI is InChI=1S/C13H24N2O3S/c1-6-7-13(3,4)15-19(16,17)12-8-11(9-14-5)18-10(12)2/h8,14-15H,6-7,9H2,1-5H3. The van der Waals surface area contributed by atoms with E-state index in [-0.39, 0.29) is 4.90 Å². The van der Waals surface area contributed by atoms with Crippen LogP contribution >= 0.6 is 0 Å². The number of hydrogen-bond acceptors (Lipinski definition) is 4. The van der Waals surface area contributed by atoms with Crippen LogP contribution in [0.3, 0.4) is 0 Å². The van der Waals surface area contributed by atoms with Crippen LogP contribution in [0.15, 0.2) is 15.4 Å². The second kappa shape index (κ2) is 6.07. The average molecular weight is 288 g/mol. The summed E-state index contributed by atoms with van der Waals surface area (Å²) < 4.78 is 32.9. The van der Waals surface area contributed by atoms with E-state index in [0.717, 1.165) is 12.8 Å². The molecule has 2 N–H and O–H groups in total. The van der Waals surface area contributed by atoms with Gasteiger partial charge in [-0.1, -0.05) is 13.3 Å². The molecule has 1 aromatic heterocycles. The van der Waals surface area contributed by atoms with Crippen LogP contribution in [0.1, 0.15) is 45.1 Å². The lowest BCUT2D eigenvalue weighted by Crippen LogP contribution is -2.43. The van der Waals surface area contributed by atoms with Gasteiger partial charge >= 0.3 is 0 Å². The van der Waals surface area contributed by atoms with E-state index in [9.17, 15) is 8.42 Å². The summed E-state index contributed by atoms with van der Waals surface area (Å²) >= 11 is 0. The van der Waals surface area contributed by atoms with Crippen molar-refractivity contribution in [1.82, 2.24) is 10.0 Å². The number of furan rings is 1. The Morgan fingerprint density at radius 1 is 1.37 bits per heavy atom. The monoisotopic (exact) mass is 288 g/mol. The minimum absolute atomic E-state index is 0.224. The van der Waals surface area contributed by atoms with E-state index in [1.54, 1.807) is 20.0 Å². The van der Waals surface area contributed by atoms with Crippen molar-refractivity contribution < 1.29 is 12.8 Å². The highest BCUT2D eigenvalue weighted by molar-refractivity contribution is 7.89. The van der Waals surface area contributed by atoms with Crippen molar-refractivity contribution in [2.24, 2.45) is 0 Å². The van der Waals surface area contributed by atoms with Gasteiger partial charge in [-0.05, 0) is 34.2 Å². The molecular formula is C13H24N2O3S. The highest BCUT2D eigenvalue weighted by Crippen LogP contribution is 2.22. The second-order valence-corrected chi connectivity index (χ2v) is 7.05. The third-order valence-electron chi connectivity index (χ3n) is 2.85. The molecule has 0 aliphatic heterocycles. The van der Waals surface area contributed by atoms with Gasteiger partial charge in [0.15, 0.2) is 0 Å². The molecule has 5 nitrogen and oxygen atoms in total. The molecule has 0 bridgehead atoms. The summed E-state index contributed by atoms with van der Waals surface area (Å²) in [4.78, 5) is 0.224. The zero-order valence-electron chi connectivity index (χ0n) is 12.3. The molecule has 0 atom stereocenters. The Balaban J connectivity index is 3.00. The molecule has 0 fully saturated rings. The van der Waals surface area contributed by atoms with E-state index in [2.05, 4.69) is 10.0 Å². The fraction of sp³-hybridized carbons (Fsp3) is 0.692. The quantitative estimate of drug-likeness (QED) is 0.806. The molecule has 0 aliphatic rings. The summed E-state index contributed by atoms with van der Waals surface area (Å²) in [6.07, 6.45) is 1.71. The minimum Gasteiger partial charge on any atom is -0.464 e. The number of rotatable bonds is 7. The first kappa shape index (κ1) is 16.2. The first-order chi connectivity index (χ1) is 8.72. The molecule has 1 heterocycles. The summed E-state index contributed by atoms with van der Waals surface area (Å²) in [5.74, 6) is 1.04. The van der Waals surface area contributed by atoms with Crippen LogP contribution < -0.4 is 10.0 Å². The second-order valence-electron chi connectivity index (χ2n) is 5.40. The maximum Gasteiger partial charge on any atom is 0.244 e. The molecule has 0 saturated carbocycles. The molecule has 6 heteroatoms. The van der Waals surface area contributed by atoms with Gasteiger partial charge in [-0.25, -0.2) is 13.1 Å². The third-order valence-corrected chi connectivity index (χ3v) is 4.66. The van der Waals surface area contributed by atoms with Gasteiger partial charge in [0.25, 0.3) is 0 Å².